The molecule has 2 amide bonds. The first-order valence-corrected chi connectivity index (χ1v) is 7.51. The zero-order valence-electron chi connectivity index (χ0n) is 12.3. The number of fused-ring (bicyclic) bond motifs is 1. The highest BCUT2D eigenvalue weighted by Gasteiger charge is 2.24. The van der Waals surface area contributed by atoms with Gasteiger partial charge in [-0.3, -0.25) is 9.59 Å². The van der Waals surface area contributed by atoms with Gasteiger partial charge in [0.15, 0.2) is 0 Å². The number of rotatable bonds is 4. The molecule has 5 nitrogen and oxygen atoms in total. The number of benzene rings is 1. The summed E-state index contributed by atoms with van der Waals surface area (Å²) in [6.07, 6.45) is 0. The number of hydrogen-bond donors (Lipinski definition) is 3. The molecule has 0 fully saturated rings. The Kier molecular flexibility index (Phi) is 4.18. The van der Waals surface area contributed by atoms with E-state index in [1.54, 1.807) is 0 Å². The topological polar surface area (TPSA) is 98.2 Å². The van der Waals surface area contributed by atoms with Gasteiger partial charge in [0.25, 0.3) is 5.91 Å². The number of anilines is 1. The Bertz CT molecular complexity index is 706. The molecule has 21 heavy (non-hydrogen) atoms. The Morgan fingerprint density at radius 1 is 1.29 bits per heavy atom. The maximum absolute atomic E-state index is 12.4. The van der Waals surface area contributed by atoms with Crippen LogP contribution in [0.1, 0.15) is 29.1 Å². The lowest BCUT2D eigenvalue weighted by Crippen LogP contribution is -2.47. The fraction of sp³-hybridized carbons (Fsp3) is 0.333. The number of hydrogen-bond acceptors (Lipinski definition) is 4. The van der Waals surface area contributed by atoms with Crippen LogP contribution in [0.2, 0.25) is 0 Å². The van der Waals surface area contributed by atoms with E-state index in [9.17, 15) is 9.59 Å². The van der Waals surface area contributed by atoms with Gasteiger partial charge in [-0.15, -0.1) is 11.3 Å². The van der Waals surface area contributed by atoms with Crippen molar-refractivity contribution in [1.82, 2.24) is 5.32 Å². The smallest absolute Gasteiger partial charge is 0.264 e. The second-order valence-corrected chi connectivity index (χ2v) is 6.49. The molecule has 0 aliphatic heterocycles. The summed E-state index contributed by atoms with van der Waals surface area (Å²) in [7, 11) is 0. The molecule has 2 rings (SSSR count). The molecule has 1 unspecified atom stereocenters. The molecule has 0 saturated carbocycles. The Labute approximate surface area is 127 Å². The van der Waals surface area contributed by atoms with E-state index in [-0.39, 0.29) is 11.8 Å². The molecule has 0 aliphatic rings. The second-order valence-electron chi connectivity index (χ2n) is 5.44. The average Bonchev–Trinajstić information content (AvgIpc) is 2.72. The standard InChI is InChI=1S/C15H19N3O2S/c1-7(2)12(14(17)19)18-15(20)13-11(16)9-6-8(3)4-5-10(9)21-13/h4-7,12H,16H2,1-3H3,(H2,17,19)(H,18,20). The van der Waals surface area contributed by atoms with Gasteiger partial charge in [-0.2, -0.15) is 0 Å². The third-order valence-corrected chi connectivity index (χ3v) is 4.53. The fourth-order valence-electron chi connectivity index (χ4n) is 2.17. The molecule has 1 atom stereocenters. The van der Waals surface area contributed by atoms with Gasteiger partial charge >= 0.3 is 0 Å². The molecule has 2 aromatic rings. The van der Waals surface area contributed by atoms with E-state index >= 15 is 0 Å². The van der Waals surface area contributed by atoms with Crippen LogP contribution in [-0.4, -0.2) is 17.9 Å². The quantitative estimate of drug-likeness (QED) is 0.806. The van der Waals surface area contributed by atoms with Crippen LogP contribution in [0.3, 0.4) is 0 Å². The van der Waals surface area contributed by atoms with Gasteiger partial charge in [-0.25, -0.2) is 0 Å². The lowest BCUT2D eigenvalue weighted by atomic mass is 10.0. The van der Waals surface area contributed by atoms with E-state index in [1.807, 2.05) is 39.0 Å². The van der Waals surface area contributed by atoms with Gasteiger partial charge in [0.05, 0.1) is 5.69 Å². The zero-order chi connectivity index (χ0) is 15.7. The highest BCUT2D eigenvalue weighted by Crippen LogP contribution is 2.34. The van der Waals surface area contributed by atoms with Crippen LogP contribution in [0.5, 0.6) is 0 Å². The van der Waals surface area contributed by atoms with E-state index < -0.39 is 11.9 Å². The van der Waals surface area contributed by atoms with E-state index in [0.29, 0.717) is 10.6 Å². The van der Waals surface area contributed by atoms with Crippen molar-refractivity contribution in [2.45, 2.75) is 26.8 Å². The van der Waals surface area contributed by atoms with E-state index in [4.69, 9.17) is 11.5 Å². The lowest BCUT2D eigenvalue weighted by molar-refractivity contribution is -0.120. The number of thiophene rings is 1. The molecule has 5 N–H and O–H groups in total. The highest BCUT2D eigenvalue weighted by molar-refractivity contribution is 7.21. The number of carbonyl (C=O) groups excluding carboxylic acids is 2. The maximum atomic E-state index is 12.4. The number of primary amides is 1. The summed E-state index contributed by atoms with van der Waals surface area (Å²) in [5.41, 5.74) is 12.9. The van der Waals surface area contributed by atoms with Crippen LogP contribution in [0, 0.1) is 12.8 Å². The molecule has 1 aromatic carbocycles. The monoisotopic (exact) mass is 305 g/mol. The van der Waals surface area contributed by atoms with E-state index in [1.165, 1.54) is 11.3 Å². The van der Waals surface area contributed by atoms with Crippen molar-refractivity contribution in [2.75, 3.05) is 5.73 Å². The van der Waals surface area contributed by atoms with Crippen LogP contribution in [0.25, 0.3) is 10.1 Å². The molecule has 112 valence electrons. The molecule has 6 heteroatoms. The minimum Gasteiger partial charge on any atom is -0.397 e. The maximum Gasteiger partial charge on any atom is 0.264 e. The minimum absolute atomic E-state index is 0.0794. The summed E-state index contributed by atoms with van der Waals surface area (Å²) in [6.45, 7) is 5.62. The Morgan fingerprint density at radius 3 is 2.52 bits per heavy atom. The summed E-state index contributed by atoms with van der Waals surface area (Å²) in [6, 6.07) is 5.16. The van der Waals surface area contributed by atoms with Crippen molar-refractivity contribution in [1.29, 1.82) is 0 Å². The van der Waals surface area contributed by atoms with Gasteiger partial charge in [-0.1, -0.05) is 25.5 Å². The third kappa shape index (κ3) is 3.00. The first-order chi connectivity index (χ1) is 9.81. The summed E-state index contributed by atoms with van der Waals surface area (Å²) in [5, 5.41) is 3.53. The minimum atomic E-state index is -0.705. The number of carbonyl (C=O) groups is 2. The normalized spacial score (nSPS) is 12.6. The zero-order valence-corrected chi connectivity index (χ0v) is 13.1. The van der Waals surface area contributed by atoms with Crippen LogP contribution < -0.4 is 16.8 Å². The number of nitrogen functional groups attached to an aromatic ring is 1. The SMILES string of the molecule is Cc1ccc2sc(C(=O)NC(C(N)=O)C(C)C)c(N)c2c1. The number of amides is 2. The summed E-state index contributed by atoms with van der Waals surface area (Å²) in [4.78, 5) is 24.2. The van der Waals surface area contributed by atoms with Crippen LogP contribution in [0.15, 0.2) is 18.2 Å². The van der Waals surface area contributed by atoms with Crippen molar-refractivity contribution in [3.8, 4) is 0 Å². The van der Waals surface area contributed by atoms with Crippen molar-refractivity contribution in [2.24, 2.45) is 11.7 Å². The van der Waals surface area contributed by atoms with Gasteiger partial charge in [0.1, 0.15) is 10.9 Å². The Hall–Kier alpha value is -2.08. The van der Waals surface area contributed by atoms with Crippen molar-refractivity contribution in [3.05, 3.63) is 28.6 Å². The number of nitrogens with two attached hydrogens (primary N) is 2. The molecular formula is C15H19N3O2S. The first-order valence-electron chi connectivity index (χ1n) is 6.70. The van der Waals surface area contributed by atoms with E-state index in [0.717, 1.165) is 15.6 Å². The third-order valence-electron chi connectivity index (χ3n) is 3.35. The molecule has 1 heterocycles. The van der Waals surface area contributed by atoms with E-state index in [2.05, 4.69) is 5.32 Å². The van der Waals surface area contributed by atoms with Gasteiger partial charge in [-0.05, 0) is 25.0 Å². The van der Waals surface area contributed by atoms with Crippen molar-refractivity contribution >= 4 is 38.9 Å². The van der Waals surface area contributed by atoms with Crippen LogP contribution in [0.4, 0.5) is 5.69 Å². The highest BCUT2D eigenvalue weighted by atomic mass is 32.1. The summed E-state index contributed by atoms with van der Waals surface area (Å²) in [5.74, 6) is -0.984. The Balaban J connectivity index is 2.35. The summed E-state index contributed by atoms with van der Waals surface area (Å²) >= 11 is 1.32. The second kappa shape index (κ2) is 5.73. The molecule has 0 saturated heterocycles. The Morgan fingerprint density at radius 2 is 1.95 bits per heavy atom. The van der Waals surface area contributed by atoms with Crippen LogP contribution in [-0.2, 0) is 4.79 Å². The summed E-state index contributed by atoms with van der Waals surface area (Å²) < 4.78 is 0.948. The molecule has 0 radical (unpaired) electrons. The first kappa shape index (κ1) is 15.3. The largest absolute Gasteiger partial charge is 0.397 e. The molecular weight excluding hydrogens is 286 g/mol. The fourth-order valence-corrected chi connectivity index (χ4v) is 3.18. The number of nitrogens with one attached hydrogen (secondary N) is 1. The van der Waals surface area contributed by atoms with Crippen LogP contribution >= 0.6 is 11.3 Å². The predicted octanol–water partition coefficient (Wildman–Crippen LogP) is 2.03. The predicted molar refractivity (Wildman–Crippen MR) is 86.3 cm³/mol. The average molecular weight is 305 g/mol. The molecule has 0 bridgehead atoms. The molecule has 1 aromatic heterocycles. The van der Waals surface area contributed by atoms with Gasteiger partial charge < -0.3 is 16.8 Å². The van der Waals surface area contributed by atoms with Gasteiger partial charge in [0, 0.05) is 10.1 Å². The molecule has 0 spiro atoms. The van der Waals surface area contributed by atoms with Gasteiger partial charge in [0.2, 0.25) is 5.91 Å². The molecule has 0 aliphatic carbocycles. The number of aryl methyl sites for hydroxylation is 1. The van der Waals surface area contributed by atoms with Crippen molar-refractivity contribution < 1.29 is 9.59 Å². The van der Waals surface area contributed by atoms with Crippen molar-refractivity contribution in [3.63, 3.8) is 0 Å². The lowest BCUT2D eigenvalue weighted by Gasteiger charge is -2.18.